The summed E-state index contributed by atoms with van der Waals surface area (Å²) in [6, 6.07) is 2.98. The fraction of sp³-hybridized carbons (Fsp3) is 0.667. The molecule has 2 fully saturated rings. The predicted octanol–water partition coefficient (Wildman–Crippen LogP) is 3.68. The molecule has 1 saturated heterocycles. The number of nitrogens with zero attached hydrogens (tertiary/aromatic N) is 3. The molecule has 8 heteroatoms. The summed E-state index contributed by atoms with van der Waals surface area (Å²) in [5, 5.41) is 4.31. The molecule has 0 aromatic carbocycles. The summed E-state index contributed by atoms with van der Waals surface area (Å²) in [5.41, 5.74) is -0.716. The van der Waals surface area contributed by atoms with Gasteiger partial charge in [0, 0.05) is 38.4 Å². The van der Waals surface area contributed by atoms with Crippen LogP contribution in [0.3, 0.4) is 0 Å². The highest BCUT2D eigenvalue weighted by molar-refractivity contribution is 7.80. The van der Waals surface area contributed by atoms with Crippen LogP contribution in [0, 0.1) is 5.92 Å². The molecular weight excluding hydrogens is 361 g/mol. The molecule has 0 spiro atoms. The number of aromatic nitrogens is 1. The normalized spacial score (nSPS) is 24.5. The van der Waals surface area contributed by atoms with Crippen molar-refractivity contribution in [2.75, 3.05) is 31.1 Å². The Balaban J connectivity index is 1.51. The van der Waals surface area contributed by atoms with Crippen LogP contribution in [0.25, 0.3) is 0 Å². The third-order valence-corrected chi connectivity index (χ3v) is 5.76. The molecular formula is C18H25F3N4S. The lowest BCUT2D eigenvalue weighted by Gasteiger charge is -2.39. The van der Waals surface area contributed by atoms with Crippen molar-refractivity contribution in [3.63, 3.8) is 0 Å². The fourth-order valence-electron chi connectivity index (χ4n) is 3.66. The summed E-state index contributed by atoms with van der Waals surface area (Å²) >= 11 is 5.58. The third kappa shape index (κ3) is 4.58. The van der Waals surface area contributed by atoms with Crippen LogP contribution in [-0.4, -0.2) is 47.2 Å². The fourth-order valence-corrected chi connectivity index (χ4v) is 3.99. The Kier molecular flexibility index (Phi) is 5.89. The highest BCUT2D eigenvalue weighted by Gasteiger charge is 2.31. The number of piperazine rings is 1. The second kappa shape index (κ2) is 7.98. The average Bonchev–Trinajstić information content (AvgIpc) is 2.63. The Labute approximate surface area is 157 Å². The van der Waals surface area contributed by atoms with E-state index < -0.39 is 11.7 Å². The van der Waals surface area contributed by atoms with E-state index in [2.05, 4.69) is 22.1 Å². The first-order chi connectivity index (χ1) is 12.3. The molecule has 144 valence electrons. The van der Waals surface area contributed by atoms with Gasteiger partial charge < -0.3 is 15.1 Å². The highest BCUT2D eigenvalue weighted by Crippen LogP contribution is 2.29. The summed E-state index contributed by atoms with van der Waals surface area (Å²) < 4.78 is 37.9. The molecule has 1 saturated carbocycles. The van der Waals surface area contributed by atoms with E-state index in [9.17, 15) is 13.2 Å². The van der Waals surface area contributed by atoms with Gasteiger partial charge in [-0.2, -0.15) is 13.2 Å². The first kappa shape index (κ1) is 19.2. The second-order valence-electron chi connectivity index (χ2n) is 7.19. The summed E-state index contributed by atoms with van der Waals surface area (Å²) in [5.74, 6) is 1.22. The van der Waals surface area contributed by atoms with Crippen LogP contribution in [0.5, 0.6) is 0 Å². The number of anilines is 1. The summed E-state index contributed by atoms with van der Waals surface area (Å²) in [4.78, 5) is 8.13. The minimum absolute atomic E-state index is 0.450. The molecule has 1 aromatic heterocycles. The van der Waals surface area contributed by atoms with Gasteiger partial charge in [0.15, 0.2) is 5.11 Å². The molecule has 1 aromatic rings. The molecule has 1 N–H and O–H groups in total. The number of nitrogens with one attached hydrogen (secondary N) is 1. The molecule has 0 amide bonds. The average molecular weight is 386 g/mol. The van der Waals surface area contributed by atoms with Crippen LogP contribution in [0.15, 0.2) is 18.3 Å². The van der Waals surface area contributed by atoms with Crippen LogP contribution >= 0.6 is 12.2 Å². The van der Waals surface area contributed by atoms with E-state index in [4.69, 9.17) is 12.2 Å². The Hall–Kier alpha value is -1.57. The summed E-state index contributed by atoms with van der Waals surface area (Å²) in [6.45, 7) is 5.15. The molecule has 1 aliphatic carbocycles. The Bertz CT molecular complexity index is 612. The molecule has 2 heterocycles. The van der Waals surface area contributed by atoms with Gasteiger partial charge in [0.05, 0.1) is 5.56 Å². The smallest absolute Gasteiger partial charge is 0.360 e. The van der Waals surface area contributed by atoms with Gasteiger partial charge in [-0.1, -0.05) is 19.8 Å². The quantitative estimate of drug-likeness (QED) is 0.784. The van der Waals surface area contributed by atoms with Crippen molar-refractivity contribution in [3.8, 4) is 0 Å². The Morgan fingerprint density at radius 3 is 2.42 bits per heavy atom. The first-order valence-electron chi connectivity index (χ1n) is 9.18. The Morgan fingerprint density at radius 1 is 1.15 bits per heavy atom. The highest BCUT2D eigenvalue weighted by atomic mass is 32.1. The standard InChI is InChI=1S/C18H25F3N4S/c1-13-4-2-3-5-15(13)23-17(26)25-10-8-24(9-11-25)16-7-6-14(12-22-16)18(19,20)21/h6-7,12-13,15H,2-5,8-11H2,1H3,(H,23,26)/t13-,15+/m0/s1. The van der Waals surface area contributed by atoms with Gasteiger partial charge in [-0.3, -0.25) is 0 Å². The monoisotopic (exact) mass is 386 g/mol. The van der Waals surface area contributed by atoms with E-state index in [1.807, 2.05) is 4.90 Å². The minimum Gasteiger partial charge on any atom is -0.360 e. The van der Waals surface area contributed by atoms with E-state index in [0.717, 1.165) is 36.9 Å². The van der Waals surface area contributed by atoms with Crippen LogP contribution in [0.1, 0.15) is 38.2 Å². The zero-order valence-electron chi connectivity index (χ0n) is 14.9. The van der Waals surface area contributed by atoms with Gasteiger partial charge in [0.1, 0.15) is 5.82 Å². The minimum atomic E-state index is -4.35. The number of hydrogen-bond donors (Lipinski definition) is 1. The summed E-state index contributed by atoms with van der Waals surface area (Å²) in [6.07, 6.45) is 1.50. The number of halogens is 3. The second-order valence-corrected chi connectivity index (χ2v) is 7.58. The maximum atomic E-state index is 12.6. The molecule has 0 unspecified atom stereocenters. The van der Waals surface area contributed by atoms with Crippen molar-refractivity contribution >= 4 is 23.1 Å². The van der Waals surface area contributed by atoms with E-state index in [-0.39, 0.29) is 0 Å². The molecule has 3 rings (SSSR count). The topological polar surface area (TPSA) is 31.4 Å². The zero-order valence-corrected chi connectivity index (χ0v) is 15.7. The van der Waals surface area contributed by atoms with Gasteiger partial charge in [-0.15, -0.1) is 0 Å². The number of thiocarbonyl (C=S) groups is 1. The van der Waals surface area contributed by atoms with Gasteiger partial charge in [-0.05, 0) is 43.1 Å². The molecule has 0 bridgehead atoms. The zero-order chi connectivity index (χ0) is 18.7. The number of pyridine rings is 1. The van der Waals surface area contributed by atoms with E-state index >= 15 is 0 Å². The number of hydrogen-bond acceptors (Lipinski definition) is 3. The van der Waals surface area contributed by atoms with Crippen molar-refractivity contribution in [3.05, 3.63) is 23.9 Å². The van der Waals surface area contributed by atoms with Crippen molar-refractivity contribution in [2.24, 2.45) is 5.92 Å². The lowest BCUT2D eigenvalue weighted by Crippen LogP contribution is -2.54. The Morgan fingerprint density at radius 2 is 1.85 bits per heavy atom. The van der Waals surface area contributed by atoms with Gasteiger partial charge in [0.25, 0.3) is 0 Å². The SMILES string of the molecule is C[C@H]1CCCC[C@H]1NC(=S)N1CCN(c2ccc(C(F)(F)F)cn2)CC1. The van der Waals surface area contributed by atoms with Gasteiger partial charge in [-0.25, -0.2) is 4.98 Å². The largest absolute Gasteiger partial charge is 0.417 e. The van der Waals surface area contributed by atoms with Crippen LogP contribution < -0.4 is 10.2 Å². The van der Waals surface area contributed by atoms with Crippen molar-refractivity contribution in [1.29, 1.82) is 0 Å². The van der Waals surface area contributed by atoms with Crippen LogP contribution in [0.4, 0.5) is 19.0 Å². The molecule has 26 heavy (non-hydrogen) atoms. The molecule has 4 nitrogen and oxygen atoms in total. The van der Waals surface area contributed by atoms with Gasteiger partial charge in [0.2, 0.25) is 0 Å². The summed E-state index contributed by atoms with van der Waals surface area (Å²) in [7, 11) is 0. The predicted molar refractivity (Wildman–Crippen MR) is 100 cm³/mol. The maximum Gasteiger partial charge on any atom is 0.417 e. The first-order valence-corrected chi connectivity index (χ1v) is 9.59. The molecule has 0 radical (unpaired) electrons. The number of alkyl halides is 3. The van der Waals surface area contributed by atoms with Crippen molar-refractivity contribution in [2.45, 2.75) is 44.8 Å². The van der Waals surface area contributed by atoms with E-state index in [0.29, 0.717) is 30.9 Å². The van der Waals surface area contributed by atoms with Crippen LogP contribution in [-0.2, 0) is 6.18 Å². The van der Waals surface area contributed by atoms with E-state index in [1.165, 1.54) is 25.3 Å². The van der Waals surface area contributed by atoms with Crippen molar-refractivity contribution in [1.82, 2.24) is 15.2 Å². The van der Waals surface area contributed by atoms with Crippen LogP contribution in [0.2, 0.25) is 0 Å². The van der Waals surface area contributed by atoms with Crippen molar-refractivity contribution < 1.29 is 13.2 Å². The lowest BCUT2D eigenvalue weighted by molar-refractivity contribution is -0.137. The molecule has 2 aliphatic rings. The lowest BCUT2D eigenvalue weighted by atomic mass is 9.86. The van der Waals surface area contributed by atoms with Gasteiger partial charge >= 0.3 is 6.18 Å². The number of rotatable bonds is 2. The molecule has 1 aliphatic heterocycles. The van der Waals surface area contributed by atoms with E-state index in [1.54, 1.807) is 0 Å². The third-order valence-electron chi connectivity index (χ3n) is 5.39. The molecule has 2 atom stereocenters. The maximum absolute atomic E-state index is 12.6.